The van der Waals surface area contributed by atoms with Crippen LogP contribution in [0, 0.1) is 10.8 Å². The largest absolute Gasteiger partial charge is 0.459 e. The highest BCUT2D eigenvalue weighted by molar-refractivity contribution is 5.92. The number of furan rings is 1. The Hall–Kier alpha value is -1.25. The molecule has 2 atom stereocenters. The molecule has 3 heteroatoms. The Balaban J connectivity index is 1.86. The number of likely N-dealkylation sites (tertiary alicyclic amines) is 1. The number of fused-ring (bicyclic) bond motifs is 2. The second kappa shape index (κ2) is 3.62. The Labute approximate surface area is 108 Å². The summed E-state index contributed by atoms with van der Waals surface area (Å²) in [5.41, 5.74) is 0.629. The lowest BCUT2D eigenvalue weighted by atomic mass is 9.65. The average Bonchev–Trinajstić information content (AvgIpc) is 2.82. The molecule has 0 spiro atoms. The Kier molecular flexibility index (Phi) is 2.38. The Morgan fingerprint density at radius 3 is 2.83 bits per heavy atom. The number of rotatable bonds is 1. The fourth-order valence-electron chi connectivity index (χ4n) is 4.24. The van der Waals surface area contributed by atoms with E-state index in [0.29, 0.717) is 17.2 Å². The van der Waals surface area contributed by atoms with Crippen molar-refractivity contribution in [1.82, 2.24) is 4.90 Å². The first kappa shape index (κ1) is 11.8. The van der Waals surface area contributed by atoms with E-state index in [9.17, 15) is 4.79 Å². The fraction of sp³-hybridized carbons (Fsp3) is 0.667. The molecule has 3 rings (SSSR count). The van der Waals surface area contributed by atoms with Crippen LogP contribution in [0.4, 0.5) is 0 Å². The zero-order valence-corrected chi connectivity index (χ0v) is 11.4. The summed E-state index contributed by atoms with van der Waals surface area (Å²) in [5, 5.41) is 0. The molecule has 1 saturated heterocycles. The lowest BCUT2D eigenvalue weighted by molar-refractivity contribution is 0.0676. The van der Waals surface area contributed by atoms with Crippen LogP contribution in [0.15, 0.2) is 22.8 Å². The predicted octanol–water partition coefficient (Wildman–Crippen LogP) is 3.32. The first-order valence-electron chi connectivity index (χ1n) is 6.73. The van der Waals surface area contributed by atoms with Gasteiger partial charge in [-0.05, 0) is 42.2 Å². The highest BCUT2D eigenvalue weighted by Gasteiger charge is 2.51. The Morgan fingerprint density at radius 2 is 2.17 bits per heavy atom. The van der Waals surface area contributed by atoms with Gasteiger partial charge in [0.2, 0.25) is 0 Å². The van der Waals surface area contributed by atoms with E-state index in [-0.39, 0.29) is 11.3 Å². The zero-order chi connectivity index (χ0) is 13.0. The SMILES string of the molecule is CC1(C)C[C@@H]2C[C@@](C)(CN2C(=O)c2ccco2)C1. The van der Waals surface area contributed by atoms with Crippen molar-refractivity contribution < 1.29 is 9.21 Å². The number of amides is 1. The van der Waals surface area contributed by atoms with Gasteiger partial charge in [-0.1, -0.05) is 20.8 Å². The van der Waals surface area contributed by atoms with Crippen LogP contribution >= 0.6 is 0 Å². The summed E-state index contributed by atoms with van der Waals surface area (Å²) in [6.45, 7) is 7.83. The first-order chi connectivity index (χ1) is 8.39. The van der Waals surface area contributed by atoms with E-state index < -0.39 is 0 Å². The van der Waals surface area contributed by atoms with E-state index in [4.69, 9.17) is 4.42 Å². The molecular formula is C15H21NO2. The monoisotopic (exact) mass is 247 g/mol. The number of nitrogens with zero attached hydrogens (tertiary/aromatic N) is 1. The third-order valence-corrected chi connectivity index (χ3v) is 4.41. The highest BCUT2D eigenvalue weighted by atomic mass is 16.3. The minimum Gasteiger partial charge on any atom is -0.459 e. The minimum atomic E-state index is 0.0615. The molecule has 0 N–H and O–H groups in total. The van der Waals surface area contributed by atoms with Crippen LogP contribution in [0.25, 0.3) is 0 Å². The summed E-state index contributed by atoms with van der Waals surface area (Å²) >= 11 is 0. The van der Waals surface area contributed by atoms with Gasteiger partial charge in [0.25, 0.3) is 5.91 Å². The van der Waals surface area contributed by atoms with Crippen molar-refractivity contribution >= 4 is 5.91 Å². The normalized spacial score (nSPS) is 33.7. The van der Waals surface area contributed by atoms with Crippen molar-refractivity contribution in [2.75, 3.05) is 6.54 Å². The van der Waals surface area contributed by atoms with Gasteiger partial charge < -0.3 is 9.32 Å². The minimum absolute atomic E-state index is 0.0615. The van der Waals surface area contributed by atoms with E-state index in [1.807, 2.05) is 4.90 Å². The maximum absolute atomic E-state index is 12.4. The molecule has 2 fully saturated rings. The second-order valence-corrected chi connectivity index (χ2v) is 7.12. The molecule has 1 aliphatic carbocycles. The van der Waals surface area contributed by atoms with Gasteiger partial charge in [-0.25, -0.2) is 0 Å². The van der Waals surface area contributed by atoms with Gasteiger partial charge >= 0.3 is 0 Å². The van der Waals surface area contributed by atoms with Gasteiger partial charge in [0.15, 0.2) is 5.76 Å². The van der Waals surface area contributed by atoms with Crippen molar-refractivity contribution in [3.63, 3.8) is 0 Å². The van der Waals surface area contributed by atoms with Crippen LogP contribution in [0.3, 0.4) is 0 Å². The first-order valence-corrected chi connectivity index (χ1v) is 6.73. The summed E-state index contributed by atoms with van der Waals surface area (Å²) in [6.07, 6.45) is 5.03. The number of hydrogen-bond donors (Lipinski definition) is 0. The van der Waals surface area contributed by atoms with Crippen molar-refractivity contribution in [2.45, 2.75) is 46.1 Å². The smallest absolute Gasteiger partial charge is 0.289 e. The highest BCUT2D eigenvalue weighted by Crippen LogP contribution is 2.52. The van der Waals surface area contributed by atoms with Crippen molar-refractivity contribution in [2.24, 2.45) is 10.8 Å². The molecule has 1 aromatic heterocycles. The third kappa shape index (κ3) is 1.86. The van der Waals surface area contributed by atoms with Gasteiger partial charge in [0, 0.05) is 12.6 Å². The molecule has 1 amide bonds. The van der Waals surface area contributed by atoms with Crippen molar-refractivity contribution in [3.05, 3.63) is 24.2 Å². The number of hydrogen-bond acceptors (Lipinski definition) is 2. The predicted molar refractivity (Wildman–Crippen MR) is 69.3 cm³/mol. The molecule has 1 aromatic rings. The van der Waals surface area contributed by atoms with Gasteiger partial charge in [0.05, 0.1) is 6.26 Å². The molecule has 1 aliphatic heterocycles. The molecule has 0 aromatic carbocycles. The van der Waals surface area contributed by atoms with Gasteiger partial charge in [-0.15, -0.1) is 0 Å². The van der Waals surface area contributed by atoms with Crippen LogP contribution in [-0.2, 0) is 0 Å². The molecule has 2 heterocycles. The zero-order valence-electron chi connectivity index (χ0n) is 11.4. The van der Waals surface area contributed by atoms with E-state index in [1.165, 1.54) is 6.42 Å². The van der Waals surface area contributed by atoms with Crippen LogP contribution in [0.2, 0.25) is 0 Å². The molecule has 98 valence electrons. The maximum Gasteiger partial charge on any atom is 0.289 e. The van der Waals surface area contributed by atoms with Gasteiger partial charge in [-0.3, -0.25) is 4.79 Å². The summed E-state index contributed by atoms with van der Waals surface area (Å²) in [4.78, 5) is 14.5. The molecule has 18 heavy (non-hydrogen) atoms. The van der Waals surface area contributed by atoms with E-state index in [2.05, 4.69) is 20.8 Å². The van der Waals surface area contributed by atoms with Crippen LogP contribution in [-0.4, -0.2) is 23.4 Å². The molecular weight excluding hydrogens is 226 g/mol. The summed E-state index contributed by atoms with van der Waals surface area (Å²) in [5.74, 6) is 0.537. The molecule has 1 saturated carbocycles. The van der Waals surface area contributed by atoms with Crippen molar-refractivity contribution in [3.8, 4) is 0 Å². The molecule has 2 bridgehead atoms. The number of carbonyl (C=O) groups is 1. The lowest BCUT2D eigenvalue weighted by Gasteiger charge is -2.39. The summed E-state index contributed by atoms with van der Waals surface area (Å²) < 4.78 is 5.25. The van der Waals surface area contributed by atoms with Crippen molar-refractivity contribution in [1.29, 1.82) is 0 Å². The quantitative estimate of drug-likeness (QED) is 0.762. The van der Waals surface area contributed by atoms with E-state index in [1.54, 1.807) is 18.4 Å². The van der Waals surface area contributed by atoms with Crippen LogP contribution in [0.1, 0.15) is 50.6 Å². The molecule has 0 unspecified atom stereocenters. The van der Waals surface area contributed by atoms with Crippen LogP contribution < -0.4 is 0 Å². The molecule has 0 radical (unpaired) electrons. The average molecular weight is 247 g/mol. The molecule has 3 nitrogen and oxygen atoms in total. The third-order valence-electron chi connectivity index (χ3n) is 4.41. The van der Waals surface area contributed by atoms with Gasteiger partial charge in [-0.2, -0.15) is 0 Å². The Morgan fingerprint density at radius 1 is 1.39 bits per heavy atom. The standard InChI is InChI=1S/C15H21NO2/c1-14(2)7-11-8-15(3,9-14)10-16(11)13(17)12-5-4-6-18-12/h4-6,11H,7-10H2,1-3H3/t11-,15-/m1/s1. The topological polar surface area (TPSA) is 33.5 Å². The van der Waals surface area contributed by atoms with E-state index in [0.717, 1.165) is 19.4 Å². The number of carbonyl (C=O) groups excluding carboxylic acids is 1. The second-order valence-electron chi connectivity index (χ2n) is 7.12. The van der Waals surface area contributed by atoms with Gasteiger partial charge in [0.1, 0.15) is 0 Å². The summed E-state index contributed by atoms with van der Waals surface area (Å²) in [7, 11) is 0. The van der Waals surface area contributed by atoms with E-state index >= 15 is 0 Å². The fourth-order valence-corrected chi connectivity index (χ4v) is 4.24. The Bertz CT molecular complexity index is 463. The van der Waals surface area contributed by atoms with Crippen LogP contribution in [0.5, 0.6) is 0 Å². The maximum atomic E-state index is 12.4. The molecule has 2 aliphatic rings. The summed E-state index contributed by atoms with van der Waals surface area (Å²) in [6, 6.07) is 3.93. The lowest BCUT2D eigenvalue weighted by Crippen LogP contribution is -2.37.